The molecule has 0 N–H and O–H groups in total. The number of ether oxygens (including phenoxy) is 2. The Bertz CT molecular complexity index is 460. The van der Waals surface area contributed by atoms with Gasteiger partial charge in [0.05, 0.1) is 11.8 Å². The molecule has 0 bridgehead atoms. The van der Waals surface area contributed by atoms with Gasteiger partial charge in [0, 0.05) is 5.92 Å². The average molecular weight is 324 g/mol. The van der Waals surface area contributed by atoms with Crippen molar-refractivity contribution in [3.8, 4) is 0 Å². The highest BCUT2D eigenvalue weighted by Gasteiger charge is 2.58. The smallest absolute Gasteiger partial charge is 0.309 e. The number of fused-ring (bicyclic) bond motifs is 1. The number of cyclic esters (lactones) is 1. The fraction of sp³-hybridized carbons (Fsp3) is 0.895. The minimum atomic E-state index is -0.492. The van der Waals surface area contributed by atoms with Gasteiger partial charge in [0.2, 0.25) is 0 Å². The summed E-state index contributed by atoms with van der Waals surface area (Å²) in [5.74, 6) is 0.522. The second-order valence-electron chi connectivity index (χ2n) is 8.99. The first-order valence-corrected chi connectivity index (χ1v) is 8.94. The number of hydrogen-bond donors (Lipinski definition) is 0. The van der Waals surface area contributed by atoms with Crippen molar-refractivity contribution in [1.29, 1.82) is 0 Å². The second-order valence-corrected chi connectivity index (χ2v) is 8.99. The van der Waals surface area contributed by atoms with E-state index in [1.807, 2.05) is 20.8 Å². The highest BCUT2D eigenvalue weighted by Crippen LogP contribution is 2.53. The Labute approximate surface area is 140 Å². The molecule has 1 saturated carbocycles. The molecular formula is C19H32O4. The molecule has 1 aliphatic carbocycles. The van der Waals surface area contributed by atoms with Gasteiger partial charge in [-0.25, -0.2) is 0 Å². The summed E-state index contributed by atoms with van der Waals surface area (Å²) in [6.45, 7) is 14.2. The predicted octanol–water partition coefficient (Wildman–Crippen LogP) is 3.82. The van der Waals surface area contributed by atoms with Crippen LogP contribution < -0.4 is 0 Å². The molecule has 4 nitrogen and oxygen atoms in total. The molecule has 0 aromatic heterocycles. The molecule has 4 heteroatoms. The van der Waals surface area contributed by atoms with Gasteiger partial charge in [-0.1, -0.05) is 27.7 Å². The Hall–Kier alpha value is -1.06. The molecule has 2 aliphatic rings. The van der Waals surface area contributed by atoms with Crippen LogP contribution in [0.4, 0.5) is 0 Å². The molecule has 1 heterocycles. The van der Waals surface area contributed by atoms with E-state index in [1.54, 1.807) is 0 Å². The Morgan fingerprint density at radius 1 is 1.26 bits per heavy atom. The van der Waals surface area contributed by atoms with Gasteiger partial charge >= 0.3 is 11.9 Å². The van der Waals surface area contributed by atoms with Crippen LogP contribution in [0.3, 0.4) is 0 Å². The maximum absolute atomic E-state index is 12.7. The minimum Gasteiger partial charge on any atom is -0.462 e. The fourth-order valence-electron chi connectivity index (χ4n) is 4.41. The maximum Gasteiger partial charge on any atom is 0.309 e. The van der Waals surface area contributed by atoms with Crippen molar-refractivity contribution in [3.63, 3.8) is 0 Å². The Kier molecular flexibility index (Phi) is 5.12. The molecule has 0 aromatic carbocycles. The summed E-state index contributed by atoms with van der Waals surface area (Å²) in [6, 6.07) is 0. The largest absolute Gasteiger partial charge is 0.462 e. The Morgan fingerprint density at radius 2 is 1.87 bits per heavy atom. The van der Waals surface area contributed by atoms with E-state index >= 15 is 0 Å². The molecular weight excluding hydrogens is 292 g/mol. The van der Waals surface area contributed by atoms with Gasteiger partial charge in [0.25, 0.3) is 0 Å². The van der Waals surface area contributed by atoms with Crippen molar-refractivity contribution in [2.24, 2.45) is 35.5 Å². The predicted molar refractivity (Wildman–Crippen MR) is 88.6 cm³/mol. The van der Waals surface area contributed by atoms with Crippen molar-refractivity contribution in [2.45, 2.75) is 73.0 Å². The van der Waals surface area contributed by atoms with Crippen molar-refractivity contribution in [3.05, 3.63) is 0 Å². The second kappa shape index (κ2) is 6.45. The standard InChI is InChI=1S/C19H32O4/c1-10(2)8-14-16-13(17(20)22-14)9-12(15(16)11(3)4)18(21)23-19(5,6)7/h10-16H,8-9H2,1-7H3/t12-,13+,14-,15+,16-/m1/s1. The van der Waals surface area contributed by atoms with Crippen molar-refractivity contribution >= 4 is 11.9 Å². The van der Waals surface area contributed by atoms with E-state index in [0.29, 0.717) is 18.3 Å². The summed E-state index contributed by atoms with van der Waals surface area (Å²) in [7, 11) is 0. The number of carbonyl (C=O) groups excluding carboxylic acids is 2. The van der Waals surface area contributed by atoms with E-state index in [2.05, 4.69) is 27.7 Å². The molecule has 1 saturated heterocycles. The van der Waals surface area contributed by atoms with E-state index in [1.165, 1.54) is 0 Å². The van der Waals surface area contributed by atoms with Crippen LogP contribution in [-0.4, -0.2) is 23.6 Å². The fourth-order valence-corrected chi connectivity index (χ4v) is 4.41. The van der Waals surface area contributed by atoms with Crippen LogP contribution >= 0.6 is 0 Å². The first-order valence-electron chi connectivity index (χ1n) is 8.94. The first-order chi connectivity index (χ1) is 10.5. The minimum absolute atomic E-state index is 0.0488. The summed E-state index contributed by atoms with van der Waals surface area (Å²) in [5.41, 5.74) is -0.492. The molecule has 132 valence electrons. The molecule has 0 radical (unpaired) electrons. The van der Waals surface area contributed by atoms with Crippen LogP contribution in [0.1, 0.15) is 61.3 Å². The van der Waals surface area contributed by atoms with Crippen LogP contribution in [-0.2, 0) is 19.1 Å². The summed E-state index contributed by atoms with van der Waals surface area (Å²) >= 11 is 0. The monoisotopic (exact) mass is 324 g/mol. The zero-order valence-corrected chi connectivity index (χ0v) is 15.6. The molecule has 5 atom stereocenters. The van der Waals surface area contributed by atoms with Gasteiger partial charge in [-0.15, -0.1) is 0 Å². The van der Waals surface area contributed by atoms with Crippen LogP contribution in [0.5, 0.6) is 0 Å². The Morgan fingerprint density at radius 3 is 2.35 bits per heavy atom. The first kappa shape index (κ1) is 18.3. The van der Waals surface area contributed by atoms with Crippen molar-refractivity contribution in [1.82, 2.24) is 0 Å². The lowest BCUT2D eigenvalue weighted by molar-refractivity contribution is -0.163. The lowest BCUT2D eigenvalue weighted by Gasteiger charge is -2.31. The molecule has 2 rings (SSSR count). The number of esters is 2. The molecule has 0 spiro atoms. The van der Waals surface area contributed by atoms with E-state index in [9.17, 15) is 9.59 Å². The molecule has 23 heavy (non-hydrogen) atoms. The van der Waals surface area contributed by atoms with Gasteiger partial charge in [-0.2, -0.15) is 0 Å². The molecule has 0 aromatic rings. The van der Waals surface area contributed by atoms with Gasteiger partial charge < -0.3 is 9.47 Å². The maximum atomic E-state index is 12.7. The highest BCUT2D eigenvalue weighted by molar-refractivity contribution is 5.80. The number of rotatable bonds is 4. The van der Waals surface area contributed by atoms with Gasteiger partial charge in [0.15, 0.2) is 0 Å². The zero-order valence-electron chi connectivity index (χ0n) is 15.6. The lowest BCUT2D eigenvalue weighted by Crippen LogP contribution is -2.36. The van der Waals surface area contributed by atoms with Gasteiger partial charge in [-0.3, -0.25) is 9.59 Å². The number of carbonyl (C=O) groups is 2. The van der Waals surface area contributed by atoms with Crippen molar-refractivity contribution < 1.29 is 19.1 Å². The van der Waals surface area contributed by atoms with Crippen LogP contribution in [0, 0.1) is 35.5 Å². The highest BCUT2D eigenvalue weighted by atomic mass is 16.6. The van der Waals surface area contributed by atoms with E-state index in [4.69, 9.17) is 9.47 Å². The van der Waals surface area contributed by atoms with Crippen LogP contribution in [0.15, 0.2) is 0 Å². The molecule has 0 amide bonds. The summed E-state index contributed by atoms with van der Waals surface area (Å²) in [4.78, 5) is 25.0. The van der Waals surface area contributed by atoms with Crippen LogP contribution in [0.25, 0.3) is 0 Å². The zero-order chi connectivity index (χ0) is 17.5. The lowest BCUT2D eigenvalue weighted by atomic mass is 9.76. The van der Waals surface area contributed by atoms with E-state index < -0.39 is 5.60 Å². The van der Waals surface area contributed by atoms with Crippen molar-refractivity contribution in [2.75, 3.05) is 0 Å². The summed E-state index contributed by atoms with van der Waals surface area (Å²) in [5, 5.41) is 0. The Balaban J connectivity index is 2.24. The van der Waals surface area contributed by atoms with Crippen LogP contribution in [0.2, 0.25) is 0 Å². The number of hydrogen-bond acceptors (Lipinski definition) is 4. The van der Waals surface area contributed by atoms with Gasteiger partial charge in [0.1, 0.15) is 11.7 Å². The molecule has 0 unspecified atom stereocenters. The molecule has 2 fully saturated rings. The van der Waals surface area contributed by atoms with E-state index in [0.717, 1.165) is 6.42 Å². The normalized spacial score (nSPS) is 34.0. The summed E-state index contributed by atoms with van der Waals surface area (Å²) in [6.07, 6.45) is 1.40. The SMILES string of the molecule is CC(C)C[C@H]1OC(=O)[C@H]2C[C@@H](C(=O)OC(C)(C)C)[C@H](C(C)C)[C@H]21. The topological polar surface area (TPSA) is 52.6 Å². The molecule has 1 aliphatic heterocycles. The third kappa shape index (κ3) is 3.89. The average Bonchev–Trinajstić information content (AvgIpc) is 2.86. The summed E-state index contributed by atoms with van der Waals surface area (Å²) < 4.78 is 11.3. The van der Waals surface area contributed by atoms with Gasteiger partial charge in [-0.05, 0) is 51.4 Å². The quantitative estimate of drug-likeness (QED) is 0.738. The van der Waals surface area contributed by atoms with E-state index in [-0.39, 0.29) is 41.7 Å². The third-order valence-electron chi connectivity index (χ3n) is 5.06. The third-order valence-corrected chi connectivity index (χ3v) is 5.06.